The number of Topliss-reactive ketones (excluding diaryl/α,β-unsaturated/α-hetero) is 1. The number of hydrogen-bond acceptors (Lipinski definition) is 2. The molecule has 0 spiro atoms. The monoisotopic (exact) mass is 194 g/mol. The van der Waals surface area contributed by atoms with Crippen molar-refractivity contribution in [3.8, 4) is 0 Å². The highest BCUT2D eigenvalue weighted by Gasteiger charge is 2.06. The molecule has 0 aromatic carbocycles. The highest BCUT2D eigenvalue weighted by molar-refractivity contribution is 6.30. The molecule has 2 aromatic rings. The van der Waals surface area contributed by atoms with E-state index in [0.717, 1.165) is 0 Å². The van der Waals surface area contributed by atoms with Gasteiger partial charge >= 0.3 is 0 Å². The number of pyridine rings is 1. The molecule has 0 radical (unpaired) electrons. The van der Waals surface area contributed by atoms with Crippen molar-refractivity contribution >= 4 is 23.0 Å². The Bertz CT molecular complexity index is 475. The zero-order valence-corrected chi connectivity index (χ0v) is 7.75. The zero-order chi connectivity index (χ0) is 9.42. The van der Waals surface area contributed by atoms with Crippen molar-refractivity contribution in [3.05, 3.63) is 35.2 Å². The van der Waals surface area contributed by atoms with E-state index < -0.39 is 0 Å². The van der Waals surface area contributed by atoms with Gasteiger partial charge in [0, 0.05) is 24.2 Å². The van der Waals surface area contributed by atoms with Gasteiger partial charge in [-0.05, 0) is 6.07 Å². The van der Waals surface area contributed by atoms with Crippen LogP contribution in [0.25, 0.3) is 5.65 Å². The number of carbonyl (C=O) groups excluding carboxylic acids is 1. The van der Waals surface area contributed by atoms with E-state index in [0.29, 0.717) is 16.4 Å². The van der Waals surface area contributed by atoms with E-state index in [1.807, 2.05) is 0 Å². The summed E-state index contributed by atoms with van der Waals surface area (Å²) in [5.41, 5.74) is 1.27. The highest BCUT2D eigenvalue weighted by Crippen LogP contribution is 2.13. The van der Waals surface area contributed by atoms with Gasteiger partial charge in [0.05, 0.1) is 6.20 Å². The molecule has 2 rings (SSSR count). The summed E-state index contributed by atoms with van der Waals surface area (Å²) in [5.74, 6) is -0.00479. The molecule has 13 heavy (non-hydrogen) atoms. The van der Waals surface area contributed by atoms with E-state index in [9.17, 15) is 4.79 Å². The molecule has 2 aromatic heterocycles. The van der Waals surface area contributed by atoms with Gasteiger partial charge in [-0.3, -0.25) is 9.20 Å². The molecule has 0 N–H and O–H groups in total. The van der Waals surface area contributed by atoms with E-state index in [1.54, 1.807) is 28.9 Å². The van der Waals surface area contributed by atoms with Crippen molar-refractivity contribution in [2.45, 2.75) is 6.92 Å². The van der Waals surface area contributed by atoms with Crippen molar-refractivity contribution in [2.24, 2.45) is 0 Å². The van der Waals surface area contributed by atoms with Crippen LogP contribution in [0.5, 0.6) is 0 Å². The Kier molecular flexibility index (Phi) is 1.81. The molecule has 3 nitrogen and oxygen atoms in total. The number of halogens is 1. The van der Waals surface area contributed by atoms with E-state index in [2.05, 4.69) is 4.98 Å². The minimum atomic E-state index is -0.00479. The Balaban J connectivity index is 2.76. The molecule has 0 aliphatic carbocycles. The molecule has 0 aliphatic rings. The van der Waals surface area contributed by atoms with Crippen molar-refractivity contribution in [2.75, 3.05) is 0 Å². The van der Waals surface area contributed by atoms with E-state index in [4.69, 9.17) is 11.6 Å². The first-order chi connectivity index (χ1) is 6.18. The Labute approximate surface area is 80.0 Å². The first-order valence-electron chi connectivity index (χ1n) is 3.82. The summed E-state index contributed by atoms with van der Waals surface area (Å²) in [4.78, 5) is 15.2. The summed E-state index contributed by atoms with van der Waals surface area (Å²) in [6.45, 7) is 1.51. The lowest BCUT2D eigenvalue weighted by Gasteiger charge is -1.96. The average Bonchev–Trinajstić information content (AvgIpc) is 2.46. The number of carbonyl (C=O) groups is 1. The van der Waals surface area contributed by atoms with Crippen LogP contribution in [-0.2, 0) is 0 Å². The molecule has 0 fully saturated rings. The van der Waals surface area contributed by atoms with Crippen LogP contribution < -0.4 is 0 Å². The summed E-state index contributed by atoms with van der Waals surface area (Å²) in [7, 11) is 0. The lowest BCUT2D eigenvalue weighted by molar-refractivity contribution is 0.101. The predicted octanol–water partition coefficient (Wildman–Crippen LogP) is 2.19. The SMILES string of the molecule is CC(=O)c1cnc2cc(Cl)ccn12. The van der Waals surface area contributed by atoms with Crippen molar-refractivity contribution in [1.29, 1.82) is 0 Å². The molecule has 0 unspecified atom stereocenters. The quantitative estimate of drug-likeness (QED) is 0.653. The van der Waals surface area contributed by atoms with Gasteiger partial charge in [0.2, 0.25) is 0 Å². The predicted molar refractivity (Wildman–Crippen MR) is 50.2 cm³/mol. The summed E-state index contributed by atoms with van der Waals surface area (Å²) < 4.78 is 1.72. The number of ketones is 1. The van der Waals surface area contributed by atoms with Gasteiger partial charge in [-0.1, -0.05) is 11.6 Å². The van der Waals surface area contributed by atoms with Crippen molar-refractivity contribution in [3.63, 3.8) is 0 Å². The maximum Gasteiger partial charge on any atom is 0.178 e. The first-order valence-corrected chi connectivity index (χ1v) is 4.20. The molecule has 0 saturated carbocycles. The van der Waals surface area contributed by atoms with E-state index in [1.165, 1.54) is 6.92 Å². The lowest BCUT2D eigenvalue weighted by Crippen LogP contribution is -1.97. The Morgan fingerprint density at radius 3 is 3.08 bits per heavy atom. The third-order valence-electron chi connectivity index (χ3n) is 1.84. The van der Waals surface area contributed by atoms with Crippen LogP contribution in [0.2, 0.25) is 5.02 Å². The number of fused-ring (bicyclic) bond motifs is 1. The molecule has 0 bridgehead atoms. The van der Waals surface area contributed by atoms with Crippen LogP contribution in [0, 0.1) is 0 Å². The van der Waals surface area contributed by atoms with Crippen molar-refractivity contribution in [1.82, 2.24) is 9.38 Å². The third-order valence-corrected chi connectivity index (χ3v) is 2.07. The molecule has 66 valence electrons. The van der Waals surface area contributed by atoms with E-state index >= 15 is 0 Å². The van der Waals surface area contributed by atoms with Crippen molar-refractivity contribution < 1.29 is 4.79 Å². The number of nitrogens with zero attached hydrogens (tertiary/aromatic N) is 2. The zero-order valence-electron chi connectivity index (χ0n) is 6.99. The van der Waals surface area contributed by atoms with Gasteiger partial charge in [0.15, 0.2) is 5.78 Å². The molecule has 0 aliphatic heterocycles. The number of aromatic nitrogens is 2. The van der Waals surface area contributed by atoms with Crippen LogP contribution in [0.3, 0.4) is 0 Å². The molecule has 0 saturated heterocycles. The van der Waals surface area contributed by atoms with Gasteiger partial charge in [0.25, 0.3) is 0 Å². The van der Waals surface area contributed by atoms with Gasteiger partial charge in [0.1, 0.15) is 11.3 Å². The molecule has 2 heterocycles. The molecular formula is C9H7ClN2O. The van der Waals surface area contributed by atoms with Gasteiger partial charge < -0.3 is 0 Å². The number of rotatable bonds is 1. The maximum atomic E-state index is 11.1. The maximum absolute atomic E-state index is 11.1. The van der Waals surface area contributed by atoms with Crippen LogP contribution in [0.4, 0.5) is 0 Å². The van der Waals surface area contributed by atoms with Crippen LogP contribution in [0.1, 0.15) is 17.4 Å². The minimum absolute atomic E-state index is 0.00479. The second kappa shape index (κ2) is 2.85. The standard InChI is InChI=1S/C9H7ClN2O/c1-6(13)8-5-11-9-4-7(10)2-3-12(8)9/h2-5H,1H3. The fraction of sp³-hybridized carbons (Fsp3) is 0.111. The average molecular weight is 195 g/mol. The first kappa shape index (κ1) is 8.26. The molecule has 0 amide bonds. The second-order valence-corrected chi connectivity index (χ2v) is 3.21. The van der Waals surface area contributed by atoms with Crippen LogP contribution >= 0.6 is 11.6 Å². The second-order valence-electron chi connectivity index (χ2n) is 2.77. The van der Waals surface area contributed by atoms with Crippen LogP contribution in [-0.4, -0.2) is 15.2 Å². The number of imidazole rings is 1. The molecular weight excluding hydrogens is 188 g/mol. The van der Waals surface area contributed by atoms with E-state index in [-0.39, 0.29) is 5.78 Å². The largest absolute Gasteiger partial charge is 0.297 e. The Morgan fingerprint density at radius 2 is 2.38 bits per heavy atom. The Morgan fingerprint density at radius 1 is 1.62 bits per heavy atom. The highest BCUT2D eigenvalue weighted by atomic mass is 35.5. The van der Waals surface area contributed by atoms with Crippen LogP contribution in [0.15, 0.2) is 24.5 Å². The Hall–Kier alpha value is -1.35. The van der Waals surface area contributed by atoms with Gasteiger partial charge in [-0.2, -0.15) is 0 Å². The van der Waals surface area contributed by atoms with Gasteiger partial charge in [-0.15, -0.1) is 0 Å². The summed E-state index contributed by atoms with van der Waals surface area (Å²) in [6, 6.07) is 3.44. The summed E-state index contributed by atoms with van der Waals surface area (Å²) >= 11 is 5.77. The normalized spacial score (nSPS) is 10.6. The van der Waals surface area contributed by atoms with Gasteiger partial charge in [-0.25, -0.2) is 4.98 Å². The topological polar surface area (TPSA) is 34.4 Å². The smallest absolute Gasteiger partial charge is 0.178 e. The fourth-order valence-corrected chi connectivity index (χ4v) is 1.37. The number of hydrogen-bond donors (Lipinski definition) is 0. The minimum Gasteiger partial charge on any atom is -0.297 e. The summed E-state index contributed by atoms with van der Waals surface area (Å²) in [5, 5.41) is 0.619. The molecule has 0 atom stereocenters. The molecule has 4 heteroatoms. The fourth-order valence-electron chi connectivity index (χ4n) is 1.22. The summed E-state index contributed by atoms with van der Waals surface area (Å²) in [6.07, 6.45) is 3.29. The third kappa shape index (κ3) is 1.31. The lowest BCUT2D eigenvalue weighted by atomic mass is 10.3.